The average Bonchev–Trinajstić information content (AvgIpc) is 2.82. The lowest BCUT2D eigenvalue weighted by atomic mass is 10.1. The van der Waals surface area contributed by atoms with E-state index in [1.165, 1.54) is 12.1 Å². The van der Waals surface area contributed by atoms with Gasteiger partial charge < -0.3 is 9.88 Å². The minimum Gasteiger partial charge on any atom is -0.348 e. The first-order valence-electron chi connectivity index (χ1n) is 8.59. The van der Waals surface area contributed by atoms with Crippen LogP contribution >= 0.6 is 0 Å². The molecule has 0 radical (unpaired) electrons. The van der Waals surface area contributed by atoms with Crippen molar-refractivity contribution >= 4 is 17.7 Å². The average molecular weight is 353 g/mol. The fraction of sp³-hybridized carbons (Fsp3) is 0.333. The maximum Gasteiger partial charge on any atom is 0.266 e. The van der Waals surface area contributed by atoms with Crippen molar-refractivity contribution in [2.45, 2.75) is 41.2 Å². The number of benzene rings is 1. The number of hydrogen-bond acceptors (Lipinski definition) is 2. The Morgan fingerprint density at radius 3 is 2.62 bits per heavy atom. The number of rotatable bonds is 5. The normalized spacial score (nSPS) is 11.5. The fourth-order valence-electron chi connectivity index (χ4n) is 2.84. The second kappa shape index (κ2) is 8.01. The molecule has 1 aromatic carbocycles. The molecule has 0 saturated heterocycles. The molecule has 1 heterocycles. The minimum atomic E-state index is -0.546. The number of carbonyl (C=O) groups excluding carboxylic acids is 1. The number of carbonyl (C=O) groups is 1. The Bertz CT molecular complexity index is 901. The van der Waals surface area contributed by atoms with Crippen LogP contribution in [-0.2, 0) is 11.3 Å². The molecular formula is C21H24FN3O. The Morgan fingerprint density at radius 2 is 2.00 bits per heavy atom. The SMILES string of the molecule is Cc1ccc(F)cc1NC(=O)/C(C#N)=C/c1cc(C)n(CC(C)C)c1C. The van der Waals surface area contributed by atoms with Gasteiger partial charge in [-0.25, -0.2) is 4.39 Å². The fourth-order valence-corrected chi connectivity index (χ4v) is 2.84. The number of nitriles is 1. The molecule has 136 valence electrons. The summed E-state index contributed by atoms with van der Waals surface area (Å²) in [4.78, 5) is 12.5. The van der Waals surface area contributed by atoms with Crippen LogP contribution in [0.5, 0.6) is 0 Å². The van der Waals surface area contributed by atoms with Crippen LogP contribution in [0.1, 0.15) is 36.4 Å². The molecule has 1 aromatic heterocycles. The van der Waals surface area contributed by atoms with Crippen molar-refractivity contribution in [1.29, 1.82) is 5.26 Å². The molecule has 4 nitrogen and oxygen atoms in total. The number of nitrogens with zero attached hydrogens (tertiary/aromatic N) is 2. The number of halogens is 1. The molecule has 0 atom stereocenters. The number of aromatic nitrogens is 1. The second-order valence-corrected chi connectivity index (χ2v) is 6.91. The Labute approximate surface area is 154 Å². The van der Waals surface area contributed by atoms with E-state index in [1.807, 2.05) is 26.0 Å². The molecule has 1 amide bonds. The molecule has 0 bridgehead atoms. The number of anilines is 1. The predicted molar refractivity (Wildman–Crippen MR) is 102 cm³/mol. The molecule has 2 rings (SSSR count). The highest BCUT2D eigenvalue weighted by Crippen LogP contribution is 2.21. The van der Waals surface area contributed by atoms with Gasteiger partial charge in [0.2, 0.25) is 0 Å². The number of hydrogen-bond donors (Lipinski definition) is 1. The van der Waals surface area contributed by atoms with Gasteiger partial charge in [0, 0.05) is 23.6 Å². The summed E-state index contributed by atoms with van der Waals surface area (Å²) in [5, 5.41) is 12.0. The van der Waals surface area contributed by atoms with Crippen LogP contribution in [0.3, 0.4) is 0 Å². The van der Waals surface area contributed by atoms with Crippen LogP contribution in [0.15, 0.2) is 29.8 Å². The lowest BCUT2D eigenvalue weighted by Crippen LogP contribution is -2.14. The van der Waals surface area contributed by atoms with E-state index in [0.717, 1.165) is 29.1 Å². The second-order valence-electron chi connectivity index (χ2n) is 6.91. The third-order valence-corrected chi connectivity index (χ3v) is 4.27. The van der Waals surface area contributed by atoms with E-state index in [-0.39, 0.29) is 5.57 Å². The van der Waals surface area contributed by atoms with Gasteiger partial charge in [-0.05, 0) is 62.1 Å². The lowest BCUT2D eigenvalue weighted by molar-refractivity contribution is -0.112. The summed E-state index contributed by atoms with van der Waals surface area (Å²) in [6.45, 7) is 10.9. The van der Waals surface area contributed by atoms with Crippen molar-refractivity contribution in [2.24, 2.45) is 5.92 Å². The van der Waals surface area contributed by atoms with Gasteiger partial charge in [0.25, 0.3) is 5.91 Å². The van der Waals surface area contributed by atoms with E-state index in [0.29, 0.717) is 11.6 Å². The Hall–Kier alpha value is -2.87. The first kappa shape index (κ1) is 19.5. The van der Waals surface area contributed by atoms with E-state index in [9.17, 15) is 14.4 Å². The van der Waals surface area contributed by atoms with E-state index in [1.54, 1.807) is 19.1 Å². The highest BCUT2D eigenvalue weighted by molar-refractivity contribution is 6.10. The molecule has 0 aliphatic heterocycles. The first-order valence-corrected chi connectivity index (χ1v) is 8.59. The molecule has 0 aliphatic carbocycles. The highest BCUT2D eigenvalue weighted by atomic mass is 19.1. The third-order valence-electron chi connectivity index (χ3n) is 4.27. The van der Waals surface area contributed by atoms with Gasteiger partial charge in [0.05, 0.1) is 0 Å². The predicted octanol–water partition coefficient (Wildman–Crippen LogP) is 4.75. The van der Waals surface area contributed by atoms with Crippen molar-refractivity contribution in [3.05, 3.63) is 58.2 Å². The maximum absolute atomic E-state index is 13.4. The summed E-state index contributed by atoms with van der Waals surface area (Å²) in [6, 6.07) is 8.07. The van der Waals surface area contributed by atoms with Crippen LogP contribution in [-0.4, -0.2) is 10.5 Å². The van der Waals surface area contributed by atoms with Crippen molar-refractivity contribution < 1.29 is 9.18 Å². The topological polar surface area (TPSA) is 57.8 Å². The van der Waals surface area contributed by atoms with Crippen molar-refractivity contribution in [2.75, 3.05) is 5.32 Å². The largest absolute Gasteiger partial charge is 0.348 e. The third kappa shape index (κ3) is 4.40. The molecule has 2 aromatic rings. The number of nitrogens with one attached hydrogen (secondary N) is 1. The zero-order valence-corrected chi connectivity index (χ0v) is 15.9. The van der Waals surface area contributed by atoms with Gasteiger partial charge in [-0.15, -0.1) is 0 Å². The minimum absolute atomic E-state index is 0.0153. The number of amides is 1. The molecule has 0 fully saturated rings. The molecule has 0 unspecified atom stereocenters. The van der Waals surface area contributed by atoms with E-state index >= 15 is 0 Å². The Morgan fingerprint density at radius 1 is 1.31 bits per heavy atom. The van der Waals surface area contributed by atoms with Crippen molar-refractivity contribution in [3.8, 4) is 6.07 Å². The zero-order chi connectivity index (χ0) is 19.4. The smallest absolute Gasteiger partial charge is 0.266 e. The molecule has 5 heteroatoms. The Kier molecular flexibility index (Phi) is 5.99. The van der Waals surface area contributed by atoms with Crippen LogP contribution in [0.2, 0.25) is 0 Å². The van der Waals surface area contributed by atoms with Crippen molar-refractivity contribution in [1.82, 2.24) is 4.57 Å². The summed E-state index contributed by atoms with van der Waals surface area (Å²) in [7, 11) is 0. The van der Waals surface area contributed by atoms with Crippen LogP contribution in [0.4, 0.5) is 10.1 Å². The van der Waals surface area contributed by atoms with Crippen molar-refractivity contribution in [3.63, 3.8) is 0 Å². The van der Waals surface area contributed by atoms with Crippen LogP contribution in [0, 0.1) is 43.8 Å². The number of aryl methyl sites for hydroxylation is 2. The summed E-state index contributed by atoms with van der Waals surface area (Å²) in [5.41, 5.74) is 4.01. The van der Waals surface area contributed by atoms with Crippen LogP contribution < -0.4 is 5.32 Å². The molecule has 26 heavy (non-hydrogen) atoms. The van der Waals surface area contributed by atoms with E-state index in [2.05, 4.69) is 23.7 Å². The summed E-state index contributed by atoms with van der Waals surface area (Å²) in [6.07, 6.45) is 1.59. The summed E-state index contributed by atoms with van der Waals surface area (Å²) >= 11 is 0. The first-order chi connectivity index (χ1) is 12.2. The van der Waals surface area contributed by atoms with Crippen LogP contribution in [0.25, 0.3) is 6.08 Å². The Balaban J connectivity index is 2.32. The van der Waals surface area contributed by atoms with Gasteiger partial charge in [-0.2, -0.15) is 5.26 Å². The monoisotopic (exact) mass is 353 g/mol. The molecule has 0 saturated carbocycles. The molecule has 0 aliphatic rings. The van der Waals surface area contributed by atoms with Gasteiger partial charge in [0.15, 0.2) is 0 Å². The maximum atomic E-state index is 13.4. The van der Waals surface area contributed by atoms with Gasteiger partial charge in [0.1, 0.15) is 17.5 Å². The van der Waals surface area contributed by atoms with E-state index in [4.69, 9.17) is 0 Å². The quantitative estimate of drug-likeness (QED) is 0.623. The molecule has 1 N–H and O–H groups in total. The van der Waals surface area contributed by atoms with Gasteiger partial charge in [-0.1, -0.05) is 19.9 Å². The summed E-state index contributed by atoms with van der Waals surface area (Å²) in [5.74, 6) is -0.494. The van der Waals surface area contributed by atoms with Gasteiger partial charge in [-0.3, -0.25) is 4.79 Å². The summed E-state index contributed by atoms with van der Waals surface area (Å²) < 4.78 is 15.6. The highest BCUT2D eigenvalue weighted by Gasteiger charge is 2.14. The zero-order valence-electron chi connectivity index (χ0n) is 15.9. The molecular weight excluding hydrogens is 329 g/mol. The molecule has 0 spiro atoms. The lowest BCUT2D eigenvalue weighted by Gasteiger charge is -2.12. The van der Waals surface area contributed by atoms with E-state index < -0.39 is 11.7 Å². The van der Waals surface area contributed by atoms with Gasteiger partial charge >= 0.3 is 0 Å². The standard InChI is InChI=1S/C21H24FN3O/c1-13(2)12-25-15(4)8-17(16(25)5)9-18(11-23)21(26)24-20-10-19(22)7-6-14(20)3/h6-10,13H,12H2,1-5H3,(H,24,26)/b18-9+.